The predicted octanol–water partition coefficient (Wildman–Crippen LogP) is 4.17. The van der Waals surface area contributed by atoms with E-state index in [2.05, 4.69) is 0 Å². The first-order valence-electron chi connectivity index (χ1n) is 9.11. The second-order valence-electron chi connectivity index (χ2n) is 6.74. The van der Waals surface area contributed by atoms with Crippen LogP contribution < -0.4 is 4.74 Å². The second-order valence-corrected chi connectivity index (χ2v) is 8.87. The third-order valence-electron chi connectivity index (χ3n) is 4.65. The van der Waals surface area contributed by atoms with Gasteiger partial charge in [-0.2, -0.15) is 0 Å². The van der Waals surface area contributed by atoms with Crippen molar-refractivity contribution < 1.29 is 27.4 Å². The summed E-state index contributed by atoms with van der Waals surface area (Å²) in [5.74, 6) is -1.08. The number of halogens is 1. The first-order chi connectivity index (χ1) is 13.3. The number of hydrogen-bond donors (Lipinski definition) is 1. The molecule has 0 aliphatic rings. The summed E-state index contributed by atoms with van der Waals surface area (Å²) in [6.07, 6.45) is 2.36. The maximum absolute atomic E-state index is 13.4. The maximum atomic E-state index is 13.4. The number of benzene rings is 2. The lowest BCUT2D eigenvalue weighted by Gasteiger charge is -2.14. The van der Waals surface area contributed by atoms with Gasteiger partial charge in [-0.1, -0.05) is 30.5 Å². The number of rotatable bonds is 10. The van der Waals surface area contributed by atoms with Crippen LogP contribution in [0.5, 0.6) is 5.75 Å². The molecular formula is C21H25FO5S. The predicted molar refractivity (Wildman–Crippen MR) is 105 cm³/mol. The minimum atomic E-state index is -3.94. The molecule has 0 aliphatic heterocycles. The number of ether oxygens (including phenoxy) is 1. The molecule has 0 aliphatic carbocycles. The normalized spacial score (nSPS) is 12.5. The van der Waals surface area contributed by atoms with Gasteiger partial charge in [0, 0.05) is 0 Å². The van der Waals surface area contributed by atoms with Gasteiger partial charge in [0.05, 0.1) is 12.0 Å². The summed E-state index contributed by atoms with van der Waals surface area (Å²) < 4.78 is 43.9. The van der Waals surface area contributed by atoms with E-state index >= 15 is 0 Å². The molecule has 0 aromatic heterocycles. The third kappa shape index (κ3) is 5.55. The highest BCUT2D eigenvalue weighted by molar-refractivity contribution is 7.92. The Morgan fingerprint density at radius 2 is 1.79 bits per heavy atom. The minimum absolute atomic E-state index is 0.0231. The summed E-state index contributed by atoms with van der Waals surface area (Å²) >= 11 is 0. The van der Waals surface area contributed by atoms with Crippen LogP contribution in [0, 0.1) is 12.7 Å². The van der Waals surface area contributed by atoms with E-state index in [0.29, 0.717) is 31.4 Å². The fourth-order valence-corrected chi connectivity index (χ4v) is 4.65. The summed E-state index contributed by atoms with van der Waals surface area (Å²) in [6.45, 7) is 1.83. The molecule has 0 radical (unpaired) electrons. The molecule has 28 heavy (non-hydrogen) atoms. The number of sulfone groups is 1. The van der Waals surface area contributed by atoms with Crippen molar-refractivity contribution >= 4 is 15.8 Å². The molecule has 0 amide bonds. The Bertz CT molecular complexity index is 907. The van der Waals surface area contributed by atoms with Gasteiger partial charge in [-0.15, -0.1) is 0 Å². The Morgan fingerprint density at radius 1 is 1.11 bits per heavy atom. The zero-order valence-electron chi connectivity index (χ0n) is 16.0. The zero-order valence-corrected chi connectivity index (χ0v) is 16.8. The van der Waals surface area contributed by atoms with Crippen LogP contribution >= 0.6 is 0 Å². The van der Waals surface area contributed by atoms with E-state index in [1.54, 1.807) is 18.2 Å². The molecule has 2 aromatic rings. The van der Waals surface area contributed by atoms with Gasteiger partial charge < -0.3 is 9.84 Å². The molecule has 0 bridgehead atoms. The topological polar surface area (TPSA) is 80.7 Å². The summed E-state index contributed by atoms with van der Waals surface area (Å²) in [6, 6.07) is 10.5. The molecule has 5 nitrogen and oxygen atoms in total. The standard InChI is InChI=1S/C21H25FO5S/c1-15-8-11-18(12-9-15)28(25,26)20(21(23)24)7-5-3-4-6-16-14-17(22)10-13-19(16)27-2/h8-14,20H,3-7H2,1-2H3,(H,23,24). The van der Waals surface area contributed by atoms with E-state index < -0.39 is 21.1 Å². The van der Waals surface area contributed by atoms with E-state index in [0.717, 1.165) is 11.1 Å². The van der Waals surface area contributed by atoms with Crippen LogP contribution in [0.25, 0.3) is 0 Å². The van der Waals surface area contributed by atoms with Gasteiger partial charge in [-0.3, -0.25) is 4.79 Å². The zero-order chi connectivity index (χ0) is 20.7. The van der Waals surface area contributed by atoms with Crippen molar-refractivity contribution in [1.82, 2.24) is 0 Å². The molecule has 0 spiro atoms. The number of methoxy groups -OCH3 is 1. The van der Waals surface area contributed by atoms with E-state index in [1.165, 1.54) is 31.4 Å². The van der Waals surface area contributed by atoms with Crippen molar-refractivity contribution in [3.05, 3.63) is 59.4 Å². The number of hydrogen-bond acceptors (Lipinski definition) is 4. The first-order valence-corrected chi connectivity index (χ1v) is 10.7. The van der Waals surface area contributed by atoms with Gasteiger partial charge in [-0.25, -0.2) is 12.8 Å². The third-order valence-corrected chi connectivity index (χ3v) is 6.77. The van der Waals surface area contributed by atoms with Crippen molar-refractivity contribution in [3.63, 3.8) is 0 Å². The summed E-state index contributed by atoms with van der Waals surface area (Å²) in [4.78, 5) is 11.6. The van der Waals surface area contributed by atoms with E-state index in [9.17, 15) is 22.7 Å². The van der Waals surface area contributed by atoms with Gasteiger partial charge in [0.2, 0.25) is 0 Å². The lowest BCUT2D eigenvalue weighted by atomic mass is 10.0. The summed E-state index contributed by atoms with van der Waals surface area (Å²) in [5.41, 5.74) is 1.64. The van der Waals surface area contributed by atoms with Crippen LogP contribution in [0.3, 0.4) is 0 Å². The average molecular weight is 408 g/mol. The molecule has 1 unspecified atom stereocenters. The Morgan fingerprint density at radius 3 is 2.39 bits per heavy atom. The van der Waals surface area contributed by atoms with Crippen molar-refractivity contribution in [2.24, 2.45) is 0 Å². The van der Waals surface area contributed by atoms with Gasteiger partial charge in [0.1, 0.15) is 11.6 Å². The number of aryl methyl sites for hydroxylation is 2. The van der Waals surface area contributed by atoms with E-state index in [-0.39, 0.29) is 17.1 Å². The molecule has 0 fully saturated rings. The van der Waals surface area contributed by atoms with Crippen molar-refractivity contribution in [2.75, 3.05) is 7.11 Å². The lowest BCUT2D eigenvalue weighted by Crippen LogP contribution is -2.30. The molecule has 0 heterocycles. The van der Waals surface area contributed by atoms with Gasteiger partial charge in [0.25, 0.3) is 0 Å². The molecule has 1 atom stereocenters. The molecule has 0 saturated heterocycles. The molecule has 0 saturated carbocycles. The molecule has 1 N–H and O–H groups in total. The molecule has 2 aromatic carbocycles. The van der Waals surface area contributed by atoms with Crippen molar-refractivity contribution in [3.8, 4) is 5.75 Å². The minimum Gasteiger partial charge on any atom is -0.496 e. The molecule has 7 heteroatoms. The number of carbonyl (C=O) groups is 1. The molecule has 2 rings (SSSR count). The maximum Gasteiger partial charge on any atom is 0.322 e. The van der Waals surface area contributed by atoms with Gasteiger partial charge in [-0.05, 0) is 62.1 Å². The number of unbranched alkanes of at least 4 members (excludes halogenated alkanes) is 2. The van der Waals surface area contributed by atoms with Crippen LogP contribution in [0.2, 0.25) is 0 Å². The Hall–Kier alpha value is -2.41. The van der Waals surface area contributed by atoms with Crippen molar-refractivity contribution in [2.45, 2.75) is 49.2 Å². The number of aliphatic carboxylic acids is 1. The van der Waals surface area contributed by atoms with Crippen LogP contribution in [0.15, 0.2) is 47.4 Å². The second kappa shape index (κ2) is 9.68. The first kappa shape index (κ1) is 21.9. The lowest BCUT2D eigenvalue weighted by molar-refractivity contribution is -0.136. The van der Waals surface area contributed by atoms with Crippen LogP contribution in [0.1, 0.15) is 36.8 Å². The Labute approximate surface area is 165 Å². The molecular weight excluding hydrogens is 383 g/mol. The highest BCUT2D eigenvalue weighted by Crippen LogP contribution is 2.24. The SMILES string of the molecule is COc1ccc(F)cc1CCCCCC(C(=O)O)S(=O)(=O)c1ccc(C)cc1. The summed E-state index contributed by atoms with van der Waals surface area (Å²) in [5, 5.41) is 7.95. The van der Waals surface area contributed by atoms with Crippen molar-refractivity contribution in [1.29, 1.82) is 0 Å². The Balaban J connectivity index is 1.95. The largest absolute Gasteiger partial charge is 0.496 e. The monoisotopic (exact) mass is 408 g/mol. The van der Waals surface area contributed by atoms with Crippen LogP contribution in [-0.2, 0) is 21.1 Å². The fraction of sp³-hybridized carbons (Fsp3) is 0.381. The summed E-state index contributed by atoms with van der Waals surface area (Å²) in [7, 11) is -2.42. The van der Waals surface area contributed by atoms with Gasteiger partial charge in [0.15, 0.2) is 15.1 Å². The molecule has 152 valence electrons. The van der Waals surface area contributed by atoms with Gasteiger partial charge >= 0.3 is 5.97 Å². The van der Waals surface area contributed by atoms with Crippen LogP contribution in [0.4, 0.5) is 4.39 Å². The van der Waals surface area contributed by atoms with E-state index in [1.807, 2.05) is 6.92 Å². The highest BCUT2D eigenvalue weighted by Gasteiger charge is 2.33. The number of carboxylic acids is 1. The quantitative estimate of drug-likeness (QED) is 0.597. The fourth-order valence-electron chi connectivity index (χ4n) is 3.07. The highest BCUT2D eigenvalue weighted by atomic mass is 32.2. The van der Waals surface area contributed by atoms with E-state index in [4.69, 9.17) is 4.74 Å². The Kier molecular flexibility index (Phi) is 7.57. The van der Waals surface area contributed by atoms with Crippen LogP contribution in [-0.4, -0.2) is 31.9 Å². The average Bonchev–Trinajstić information content (AvgIpc) is 2.64. The number of carboxylic acid groups (broad SMARTS) is 1. The smallest absolute Gasteiger partial charge is 0.322 e.